The Morgan fingerprint density at radius 3 is 1.53 bits per heavy atom. The summed E-state index contributed by atoms with van der Waals surface area (Å²) in [7, 11) is 0. The number of imidazole rings is 1. The molecule has 256 valence electrons. The van der Waals surface area contributed by atoms with Crippen LogP contribution in [-0.2, 0) is 0 Å². The lowest BCUT2D eigenvalue weighted by atomic mass is 9.87. The van der Waals surface area contributed by atoms with Crippen LogP contribution in [0.4, 0.5) is 0 Å². The van der Waals surface area contributed by atoms with Crippen LogP contribution in [-0.4, -0.2) is 9.55 Å². The van der Waals surface area contributed by atoms with E-state index in [1.54, 1.807) is 0 Å². The van der Waals surface area contributed by atoms with Gasteiger partial charge in [-0.3, -0.25) is 4.57 Å². The summed E-state index contributed by atoms with van der Waals surface area (Å²) in [6, 6.07) is 74.8. The van der Waals surface area contributed by atoms with Crippen LogP contribution >= 0.6 is 0 Å². The van der Waals surface area contributed by atoms with Crippen molar-refractivity contribution < 1.29 is 0 Å². The van der Waals surface area contributed by atoms with Crippen LogP contribution in [0.25, 0.3) is 105 Å². The summed E-state index contributed by atoms with van der Waals surface area (Å²) in [6.45, 7) is 0. The van der Waals surface area contributed by atoms with Gasteiger partial charge in [0.05, 0.1) is 11.0 Å². The van der Waals surface area contributed by atoms with Crippen molar-refractivity contribution >= 4 is 54.1 Å². The van der Waals surface area contributed by atoms with Crippen LogP contribution in [0.5, 0.6) is 0 Å². The van der Waals surface area contributed by atoms with Gasteiger partial charge < -0.3 is 0 Å². The van der Waals surface area contributed by atoms with Crippen LogP contribution in [0.2, 0.25) is 0 Å². The van der Waals surface area contributed by atoms with Gasteiger partial charge in [-0.25, -0.2) is 4.98 Å². The van der Waals surface area contributed by atoms with Gasteiger partial charge in [-0.2, -0.15) is 0 Å². The summed E-state index contributed by atoms with van der Waals surface area (Å²) < 4.78 is 2.26. The maximum absolute atomic E-state index is 5.09. The zero-order valence-corrected chi connectivity index (χ0v) is 30.0. The average molecular weight is 699 g/mol. The fourth-order valence-corrected chi connectivity index (χ4v) is 8.53. The normalized spacial score (nSPS) is 11.6. The molecule has 0 atom stereocenters. The molecule has 0 aliphatic heterocycles. The Kier molecular flexibility index (Phi) is 7.21. The third kappa shape index (κ3) is 5.22. The van der Waals surface area contributed by atoms with Crippen LogP contribution in [0.3, 0.4) is 0 Å². The average Bonchev–Trinajstić information content (AvgIpc) is 3.65. The van der Waals surface area contributed by atoms with E-state index in [9.17, 15) is 0 Å². The number of rotatable bonds is 5. The second-order valence-electron chi connectivity index (χ2n) is 14.3. The first-order valence-electron chi connectivity index (χ1n) is 18.9. The van der Waals surface area contributed by atoms with E-state index in [1.165, 1.54) is 76.5 Å². The van der Waals surface area contributed by atoms with Gasteiger partial charge in [-0.05, 0) is 119 Å². The van der Waals surface area contributed by atoms with Crippen molar-refractivity contribution in [2.45, 2.75) is 0 Å². The first-order valence-corrected chi connectivity index (χ1v) is 18.9. The highest BCUT2D eigenvalue weighted by atomic mass is 15.1. The molecule has 10 aromatic carbocycles. The molecule has 0 fully saturated rings. The molecule has 11 rings (SSSR count). The SMILES string of the molecule is c1ccc(-n2c(-c3ccc(-c4ccc5cc6c(-c7cccc8ccccc78)ccc(-c7cccc8ccccc78)c6cc5c4)cc3)nc3ccccc32)cc1. The molecule has 0 saturated heterocycles. The maximum atomic E-state index is 5.09. The van der Waals surface area contributed by atoms with Crippen LogP contribution < -0.4 is 0 Å². The summed E-state index contributed by atoms with van der Waals surface area (Å²) in [6.07, 6.45) is 0. The Bertz CT molecular complexity index is 3230. The van der Waals surface area contributed by atoms with Crippen molar-refractivity contribution in [3.8, 4) is 50.5 Å². The van der Waals surface area contributed by atoms with Gasteiger partial charge in [-0.1, -0.05) is 164 Å². The minimum atomic E-state index is 0.937. The zero-order valence-electron chi connectivity index (χ0n) is 30.0. The Labute approximate surface area is 319 Å². The van der Waals surface area contributed by atoms with Crippen molar-refractivity contribution in [3.63, 3.8) is 0 Å². The predicted molar refractivity (Wildman–Crippen MR) is 233 cm³/mol. The van der Waals surface area contributed by atoms with Gasteiger partial charge in [0.2, 0.25) is 0 Å². The monoisotopic (exact) mass is 698 g/mol. The van der Waals surface area contributed by atoms with E-state index in [4.69, 9.17) is 4.98 Å². The number of benzene rings is 10. The third-order valence-corrected chi connectivity index (χ3v) is 11.2. The van der Waals surface area contributed by atoms with E-state index in [2.05, 4.69) is 211 Å². The molecule has 0 aliphatic carbocycles. The van der Waals surface area contributed by atoms with Gasteiger partial charge in [0.25, 0.3) is 0 Å². The van der Waals surface area contributed by atoms with Crippen molar-refractivity contribution in [1.29, 1.82) is 0 Å². The molecule has 1 heterocycles. The number of aromatic nitrogens is 2. The van der Waals surface area contributed by atoms with E-state index >= 15 is 0 Å². The fourth-order valence-electron chi connectivity index (χ4n) is 8.53. The molecule has 0 N–H and O–H groups in total. The van der Waals surface area contributed by atoms with E-state index in [1.807, 2.05) is 0 Å². The molecule has 0 saturated carbocycles. The fraction of sp³-hybridized carbons (Fsp3) is 0. The summed E-state index contributed by atoms with van der Waals surface area (Å²) in [4.78, 5) is 5.09. The lowest BCUT2D eigenvalue weighted by Gasteiger charge is -2.17. The van der Waals surface area contributed by atoms with Crippen molar-refractivity contribution in [2.24, 2.45) is 0 Å². The number of hydrogen-bond acceptors (Lipinski definition) is 1. The molecule has 0 radical (unpaired) electrons. The highest BCUT2D eigenvalue weighted by Gasteiger charge is 2.17. The lowest BCUT2D eigenvalue weighted by molar-refractivity contribution is 1.10. The van der Waals surface area contributed by atoms with Crippen LogP contribution in [0, 0.1) is 0 Å². The summed E-state index contributed by atoms with van der Waals surface area (Å²) in [5.41, 5.74) is 11.6. The molecule has 0 unspecified atom stereocenters. The molecule has 11 aromatic rings. The second-order valence-corrected chi connectivity index (χ2v) is 14.3. The van der Waals surface area contributed by atoms with E-state index in [0.717, 1.165) is 28.1 Å². The molecule has 0 amide bonds. The molecule has 2 nitrogen and oxygen atoms in total. The minimum Gasteiger partial charge on any atom is -0.292 e. The van der Waals surface area contributed by atoms with Crippen LogP contribution in [0.15, 0.2) is 206 Å². The van der Waals surface area contributed by atoms with E-state index < -0.39 is 0 Å². The molecule has 0 aliphatic rings. The van der Waals surface area contributed by atoms with Crippen molar-refractivity contribution in [3.05, 3.63) is 206 Å². The van der Waals surface area contributed by atoms with Gasteiger partial charge in [-0.15, -0.1) is 0 Å². The third-order valence-electron chi connectivity index (χ3n) is 11.2. The lowest BCUT2D eigenvalue weighted by Crippen LogP contribution is -1.97. The van der Waals surface area contributed by atoms with E-state index in [0.29, 0.717) is 0 Å². The molecule has 55 heavy (non-hydrogen) atoms. The summed E-state index contributed by atoms with van der Waals surface area (Å²) in [5, 5.41) is 9.98. The van der Waals surface area contributed by atoms with E-state index in [-0.39, 0.29) is 0 Å². The Morgan fingerprint density at radius 2 is 0.836 bits per heavy atom. The Hall–Kier alpha value is -7.29. The molecule has 0 spiro atoms. The highest BCUT2D eigenvalue weighted by molar-refractivity contribution is 6.16. The first-order chi connectivity index (χ1) is 27.3. The molecule has 0 bridgehead atoms. The molecular weight excluding hydrogens is 665 g/mol. The zero-order chi connectivity index (χ0) is 36.3. The van der Waals surface area contributed by atoms with Crippen molar-refractivity contribution in [2.75, 3.05) is 0 Å². The highest BCUT2D eigenvalue weighted by Crippen LogP contribution is 2.42. The minimum absolute atomic E-state index is 0.937. The topological polar surface area (TPSA) is 17.8 Å². The maximum Gasteiger partial charge on any atom is 0.145 e. The summed E-state index contributed by atoms with van der Waals surface area (Å²) >= 11 is 0. The molecular formula is C53H34N2. The summed E-state index contributed by atoms with van der Waals surface area (Å²) in [5.74, 6) is 0.937. The number of nitrogens with zero attached hydrogens (tertiary/aromatic N) is 2. The number of fused-ring (bicyclic) bond motifs is 5. The van der Waals surface area contributed by atoms with Gasteiger partial charge in [0, 0.05) is 11.3 Å². The van der Waals surface area contributed by atoms with Crippen LogP contribution in [0.1, 0.15) is 0 Å². The Balaban J connectivity index is 1.07. The molecule has 2 heteroatoms. The molecule has 1 aromatic heterocycles. The largest absolute Gasteiger partial charge is 0.292 e. The second kappa shape index (κ2) is 12.7. The quantitative estimate of drug-likeness (QED) is 0.164. The first kappa shape index (κ1) is 31.3. The van der Waals surface area contributed by atoms with Gasteiger partial charge >= 0.3 is 0 Å². The number of para-hydroxylation sites is 3. The smallest absolute Gasteiger partial charge is 0.145 e. The van der Waals surface area contributed by atoms with Gasteiger partial charge in [0.1, 0.15) is 5.82 Å². The number of hydrogen-bond donors (Lipinski definition) is 0. The predicted octanol–water partition coefficient (Wildman–Crippen LogP) is 14.3. The standard InChI is InChI=1S/C53H34N2/c1-2-16-42(17-3-1)55-52-23-9-8-22-51(52)54-53(55)38-26-24-35(25-27-38)39-28-29-40-33-49-47(45-20-10-14-36-12-4-6-18-43(36)45)30-31-48(50(49)34-41(40)32-39)46-21-11-15-37-13-5-7-19-44(37)46/h1-34H. The Morgan fingerprint density at radius 1 is 0.309 bits per heavy atom. The van der Waals surface area contributed by atoms with Gasteiger partial charge in [0.15, 0.2) is 0 Å². The van der Waals surface area contributed by atoms with Crippen molar-refractivity contribution in [1.82, 2.24) is 9.55 Å².